The summed E-state index contributed by atoms with van der Waals surface area (Å²) in [5, 5.41) is 12.4. The number of hydrogen-bond donors (Lipinski definition) is 2. The highest BCUT2D eigenvalue weighted by Crippen LogP contribution is 2.37. The number of nitrogens with zero attached hydrogens (tertiary/aromatic N) is 3. The van der Waals surface area contributed by atoms with Gasteiger partial charge >= 0.3 is 5.69 Å². The maximum absolute atomic E-state index is 14.1. The minimum atomic E-state index is -3.21. The van der Waals surface area contributed by atoms with Gasteiger partial charge in [0.2, 0.25) is 0 Å². The first-order valence-electron chi connectivity index (χ1n) is 11.7. The predicted molar refractivity (Wildman–Crippen MR) is 141 cm³/mol. The Bertz CT molecular complexity index is 1420. The molecule has 2 heterocycles. The maximum Gasteiger partial charge on any atom is 0.332 e. The van der Waals surface area contributed by atoms with Crippen LogP contribution < -0.4 is 26.2 Å². The van der Waals surface area contributed by atoms with E-state index in [1.807, 2.05) is 0 Å². The van der Waals surface area contributed by atoms with Gasteiger partial charge in [-0.1, -0.05) is 35.3 Å². The van der Waals surface area contributed by atoms with Crippen molar-refractivity contribution in [3.8, 4) is 5.75 Å². The number of ether oxygens (including phenoxy) is 2. The third-order valence-corrected chi connectivity index (χ3v) is 6.56. The topological polar surface area (TPSA) is 98.0 Å². The number of fused-ring (bicyclic) bond motifs is 1. The minimum absolute atomic E-state index is 0.0365. The molecule has 38 heavy (non-hydrogen) atoms. The van der Waals surface area contributed by atoms with E-state index in [1.54, 1.807) is 29.2 Å². The molecule has 0 amide bonds. The summed E-state index contributed by atoms with van der Waals surface area (Å²) in [7, 11) is 1.50. The summed E-state index contributed by atoms with van der Waals surface area (Å²) >= 11 is 12.0. The third-order valence-electron chi connectivity index (χ3n) is 5.98. The second-order valence-corrected chi connectivity index (χ2v) is 9.57. The highest BCUT2D eigenvalue weighted by Gasteiger charge is 2.37. The molecule has 2 aromatic carbocycles. The lowest BCUT2D eigenvalue weighted by atomic mass is 10.1. The molecule has 0 saturated carbocycles. The Labute approximate surface area is 226 Å². The Hall–Kier alpha value is -3.12. The summed E-state index contributed by atoms with van der Waals surface area (Å²) in [6.45, 7) is 0.784. The Morgan fingerprint density at radius 1 is 1.11 bits per heavy atom. The SMILES string of the molecule is Cn1c2c(c(=O)n(CCOCCO)c1=O)N(Cc1ccc(Cl)cc1)C(Oc1ccc(Cl)c(C(C)(F)F)c1)N2. The van der Waals surface area contributed by atoms with E-state index in [-0.39, 0.29) is 55.2 Å². The summed E-state index contributed by atoms with van der Waals surface area (Å²) in [4.78, 5) is 28.1. The molecule has 0 fully saturated rings. The van der Waals surface area contributed by atoms with Crippen molar-refractivity contribution in [2.75, 3.05) is 30.0 Å². The molecular formula is C25H26Cl2F2N4O5. The van der Waals surface area contributed by atoms with Crippen molar-refractivity contribution in [3.63, 3.8) is 0 Å². The van der Waals surface area contributed by atoms with E-state index in [4.69, 9.17) is 37.8 Å². The van der Waals surface area contributed by atoms with E-state index in [0.29, 0.717) is 5.02 Å². The lowest BCUT2D eigenvalue weighted by Gasteiger charge is -2.27. The van der Waals surface area contributed by atoms with Crippen LogP contribution in [0.15, 0.2) is 52.1 Å². The van der Waals surface area contributed by atoms with E-state index in [1.165, 1.54) is 23.7 Å². The van der Waals surface area contributed by atoms with Crippen molar-refractivity contribution in [1.82, 2.24) is 9.13 Å². The molecule has 0 saturated heterocycles. The number of hydrogen-bond acceptors (Lipinski definition) is 7. The van der Waals surface area contributed by atoms with Crippen LogP contribution in [0.3, 0.4) is 0 Å². The van der Waals surface area contributed by atoms with E-state index in [0.717, 1.165) is 23.1 Å². The number of aliphatic hydroxyl groups is 1. The number of aromatic nitrogens is 2. The van der Waals surface area contributed by atoms with Crippen LogP contribution in [0.2, 0.25) is 10.0 Å². The normalized spacial score (nSPS) is 14.9. The molecule has 1 unspecified atom stereocenters. The molecule has 0 spiro atoms. The van der Waals surface area contributed by atoms with Crippen molar-refractivity contribution < 1.29 is 23.4 Å². The van der Waals surface area contributed by atoms with Crippen LogP contribution >= 0.6 is 23.2 Å². The van der Waals surface area contributed by atoms with Crippen molar-refractivity contribution >= 4 is 34.7 Å². The summed E-state index contributed by atoms with van der Waals surface area (Å²) < 4.78 is 41.8. The Morgan fingerprint density at radius 3 is 2.47 bits per heavy atom. The lowest BCUT2D eigenvalue weighted by Crippen LogP contribution is -2.44. The maximum atomic E-state index is 14.1. The van der Waals surface area contributed by atoms with Crippen LogP contribution in [0.5, 0.6) is 5.75 Å². The highest BCUT2D eigenvalue weighted by atomic mass is 35.5. The summed E-state index contributed by atoms with van der Waals surface area (Å²) in [5.74, 6) is -2.91. The molecule has 4 rings (SSSR count). The number of aliphatic hydroxyl groups excluding tert-OH is 1. The van der Waals surface area contributed by atoms with Gasteiger partial charge in [-0.05, 0) is 35.9 Å². The third kappa shape index (κ3) is 5.80. The van der Waals surface area contributed by atoms with Gasteiger partial charge in [-0.2, -0.15) is 0 Å². The molecule has 3 aromatic rings. The number of nitrogens with one attached hydrogen (secondary N) is 1. The summed E-state index contributed by atoms with van der Waals surface area (Å²) in [6, 6.07) is 10.8. The first kappa shape index (κ1) is 27.9. The molecule has 13 heteroatoms. The van der Waals surface area contributed by atoms with E-state index >= 15 is 0 Å². The Morgan fingerprint density at radius 2 is 1.82 bits per heavy atom. The largest absolute Gasteiger partial charge is 0.452 e. The molecule has 0 aliphatic carbocycles. The molecule has 0 bridgehead atoms. The average Bonchev–Trinajstić information content (AvgIpc) is 3.22. The van der Waals surface area contributed by atoms with Gasteiger partial charge in [0.15, 0.2) is 0 Å². The van der Waals surface area contributed by atoms with E-state index in [2.05, 4.69) is 5.32 Å². The number of alkyl halides is 2. The lowest BCUT2D eigenvalue weighted by molar-refractivity contribution is 0.0172. The van der Waals surface area contributed by atoms with Crippen LogP contribution in [0.25, 0.3) is 0 Å². The van der Waals surface area contributed by atoms with Crippen LogP contribution in [-0.4, -0.2) is 40.4 Å². The van der Waals surface area contributed by atoms with Crippen molar-refractivity contribution in [1.29, 1.82) is 0 Å². The minimum Gasteiger partial charge on any atom is -0.452 e. The van der Waals surface area contributed by atoms with Crippen LogP contribution in [0.4, 0.5) is 20.3 Å². The van der Waals surface area contributed by atoms with Crippen LogP contribution in [-0.2, 0) is 30.8 Å². The fraction of sp³-hybridized carbons (Fsp3) is 0.360. The molecule has 1 aliphatic rings. The molecule has 9 nitrogen and oxygen atoms in total. The van der Waals surface area contributed by atoms with Gasteiger partial charge in [-0.15, -0.1) is 0 Å². The second-order valence-electron chi connectivity index (χ2n) is 8.73. The van der Waals surface area contributed by atoms with Crippen molar-refractivity contribution in [2.24, 2.45) is 7.05 Å². The van der Waals surface area contributed by atoms with E-state index < -0.39 is 29.1 Å². The molecule has 1 atom stereocenters. The smallest absolute Gasteiger partial charge is 0.332 e. The van der Waals surface area contributed by atoms with Gasteiger partial charge in [0.1, 0.15) is 17.3 Å². The van der Waals surface area contributed by atoms with Crippen LogP contribution in [0, 0.1) is 0 Å². The fourth-order valence-corrected chi connectivity index (χ4v) is 4.50. The first-order chi connectivity index (χ1) is 18.0. The van der Waals surface area contributed by atoms with Crippen molar-refractivity contribution in [2.45, 2.75) is 32.3 Å². The Balaban J connectivity index is 1.75. The highest BCUT2D eigenvalue weighted by molar-refractivity contribution is 6.31. The van der Waals surface area contributed by atoms with E-state index in [9.17, 15) is 18.4 Å². The fourth-order valence-electron chi connectivity index (χ4n) is 4.09. The van der Waals surface area contributed by atoms with Gasteiger partial charge < -0.3 is 24.8 Å². The van der Waals surface area contributed by atoms with Crippen molar-refractivity contribution in [3.05, 3.63) is 84.5 Å². The first-order valence-corrected chi connectivity index (χ1v) is 12.4. The monoisotopic (exact) mass is 570 g/mol. The molecule has 1 aliphatic heterocycles. The molecule has 1 aromatic heterocycles. The predicted octanol–water partition coefficient (Wildman–Crippen LogP) is 3.77. The number of halogens is 4. The Kier molecular flexibility index (Phi) is 8.31. The molecule has 2 N–H and O–H groups in total. The van der Waals surface area contributed by atoms with Gasteiger partial charge in [0, 0.05) is 36.1 Å². The molecule has 204 valence electrons. The molecule has 0 radical (unpaired) electrons. The van der Waals surface area contributed by atoms with Gasteiger partial charge in [-0.3, -0.25) is 13.9 Å². The quantitative estimate of drug-likeness (QED) is 0.358. The van der Waals surface area contributed by atoms with Gasteiger partial charge in [-0.25, -0.2) is 13.6 Å². The summed E-state index contributed by atoms with van der Waals surface area (Å²) in [6.07, 6.45) is -1.03. The van der Waals surface area contributed by atoms with Crippen LogP contribution in [0.1, 0.15) is 18.1 Å². The number of anilines is 2. The average molecular weight is 571 g/mol. The zero-order valence-electron chi connectivity index (χ0n) is 20.6. The zero-order valence-corrected chi connectivity index (χ0v) is 22.1. The number of benzene rings is 2. The standard InChI is InChI=1S/C25H26Cl2F2N4O5/c1-25(28,29)18-13-17(7-8-19(18)27)38-23-30-21-20(33(23)14-15-3-5-16(26)6-4-15)22(35)32(24(36)31(21)2)9-11-37-12-10-34/h3-8,13,23,30,34H,9-12,14H2,1-2H3. The van der Waals surface area contributed by atoms with Gasteiger partial charge in [0.25, 0.3) is 17.8 Å². The number of rotatable bonds is 10. The van der Waals surface area contributed by atoms with Gasteiger partial charge in [0.05, 0.1) is 26.4 Å². The second kappa shape index (κ2) is 11.3. The molecular weight excluding hydrogens is 545 g/mol. The summed E-state index contributed by atoms with van der Waals surface area (Å²) in [5.41, 5.74) is -0.639. The zero-order chi connectivity index (χ0) is 27.6.